The average molecular weight is 397 g/mol. The zero-order chi connectivity index (χ0) is 19.9. The number of carbonyl (C=O) groups is 2. The van der Waals surface area contributed by atoms with Crippen molar-refractivity contribution in [2.24, 2.45) is 0 Å². The molecule has 0 aliphatic carbocycles. The zero-order valence-electron chi connectivity index (χ0n) is 16.0. The van der Waals surface area contributed by atoms with Crippen molar-refractivity contribution in [1.82, 2.24) is 10.0 Å². The molecule has 0 heterocycles. The maximum Gasteiger partial charge on any atom is 0.408 e. The van der Waals surface area contributed by atoms with E-state index in [4.69, 9.17) is 9.84 Å². The molecule has 0 aromatic carbocycles. The second-order valence-electron chi connectivity index (χ2n) is 8.20. The second kappa shape index (κ2) is 9.53. The lowest BCUT2D eigenvalue weighted by Gasteiger charge is -2.22. The lowest BCUT2D eigenvalue weighted by Crippen LogP contribution is -2.43. The highest BCUT2D eigenvalue weighted by atomic mass is 32.2. The Morgan fingerprint density at radius 3 is 2.20 bits per heavy atom. The van der Waals surface area contributed by atoms with Gasteiger partial charge in [0.2, 0.25) is 10.0 Å². The van der Waals surface area contributed by atoms with Crippen LogP contribution in [-0.2, 0) is 19.6 Å². The topological polar surface area (TPSA) is 122 Å². The summed E-state index contributed by atoms with van der Waals surface area (Å²) >= 11 is 0. The first-order chi connectivity index (χ1) is 11.1. The van der Waals surface area contributed by atoms with Crippen LogP contribution in [0.25, 0.3) is 0 Å². The van der Waals surface area contributed by atoms with Crippen LogP contribution in [0.15, 0.2) is 0 Å². The third-order valence-electron chi connectivity index (χ3n) is 3.10. The van der Waals surface area contributed by atoms with E-state index >= 15 is 0 Å². The predicted octanol–water partition coefficient (Wildman–Crippen LogP) is 2.00. The van der Waals surface area contributed by atoms with Gasteiger partial charge in [0.1, 0.15) is 11.6 Å². The predicted molar refractivity (Wildman–Crippen MR) is 100.0 cm³/mol. The van der Waals surface area contributed by atoms with Gasteiger partial charge in [0, 0.05) is 14.6 Å². The Kier molecular flexibility index (Phi) is 9.10. The van der Waals surface area contributed by atoms with Crippen molar-refractivity contribution in [2.45, 2.75) is 70.9 Å². The molecular weight excluding hydrogens is 364 g/mol. The van der Waals surface area contributed by atoms with Crippen molar-refractivity contribution in [3.8, 4) is 0 Å². The van der Waals surface area contributed by atoms with Gasteiger partial charge in [-0.15, -0.1) is 0 Å². The van der Waals surface area contributed by atoms with Crippen LogP contribution in [0.1, 0.15) is 33.6 Å². The number of sulfonamides is 1. The molecular formula is C15H32N2O6SSi. The summed E-state index contributed by atoms with van der Waals surface area (Å²) in [7, 11) is -4.80. The van der Waals surface area contributed by atoms with E-state index in [1.54, 1.807) is 20.8 Å². The Morgan fingerprint density at radius 2 is 1.76 bits per heavy atom. The fourth-order valence-corrected chi connectivity index (χ4v) is 5.88. The standard InChI is InChI=1S/C15H32N2O6SSi/c1-15(2,3)23-14(20)17-12(13(18)19)8-7-9-16-24(21,22)10-11-25(4,5)6/h12,16H,7-11H2,1-6H3,(H,17,20)(H,18,19)/t12-/m1/s1. The quantitative estimate of drug-likeness (QED) is 0.383. The van der Waals surface area contributed by atoms with E-state index in [1.807, 2.05) is 0 Å². The molecule has 0 saturated carbocycles. The van der Waals surface area contributed by atoms with Gasteiger partial charge >= 0.3 is 12.1 Å². The molecule has 0 rings (SSSR count). The summed E-state index contributed by atoms with van der Waals surface area (Å²) in [5, 5.41) is 11.4. The molecule has 0 aromatic heterocycles. The van der Waals surface area contributed by atoms with E-state index < -0.39 is 41.8 Å². The Labute approximate surface area is 151 Å². The van der Waals surface area contributed by atoms with E-state index in [-0.39, 0.29) is 18.7 Å². The number of nitrogens with one attached hydrogen (secondary N) is 2. The van der Waals surface area contributed by atoms with Crippen molar-refractivity contribution in [3.63, 3.8) is 0 Å². The summed E-state index contributed by atoms with van der Waals surface area (Å²) in [5.74, 6) is -1.10. The monoisotopic (exact) mass is 396 g/mol. The zero-order valence-corrected chi connectivity index (χ0v) is 17.8. The molecule has 0 fully saturated rings. The highest BCUT2D eigenvalue weighted by Crippen LogP contribution is 2.10. The first-order valence-electron chi connectivity index (χ1n) is 8.31. The van der Waals surface area contributed by atoms with Gasteiger partial charge in [0.15, 0.2) is 0 Å². The van der Waals surface area contributed by atoms with E-state index in [0.29, 0.717) is 12.5 Å². The largest absolute Gasteiger partial charge is 0.480 e. The van der Waals surface area contributed by atoms with Crippen LogP contribution in [0.5, 0.6) is 0 Å². The molecule has 10 heteroatoms. The van der Waals surface area contributed by atoms with Crippen LogP contribution in [0, 0.1) is 0 Å². The molecule has 8 nitrogen and oxygen atoms in total. The first-order valence-corrected chi connectivity index (χ1v) is 13.7. The minimum atomic E-state index is -3.35. The molecule has 3 N–H and O–H groups in total. The molecule has 0 radical (unpaired) electrons. The normalized spacial score (nSPS) is 14.0. The number of ether oxygens (including phenoxy) is 1. The number of carboxylic acids is 1. The highest BCUT2D eigenvalue weighted by Gasteiger charge is 2.24. The molecule has 0 aromatic rings. The smallest absolute Gasteiger partial charge is 0.408 e. The molecule has 0 spiro atoms. The number of rotatable bonds is 10. The lowest BCUT2D eigenvalue weighted by atomic mass is 10.1. The maximum absolute atomic E-state index is 11.9. The van der Waals surface area contributed by atoms with Gasteiger partial charge in [-0.05, 0) is 39.7 Å². The van der Waals surface area contributed by atoms with Gasteiger partial charge in [-0.25, -0.2) is 22.7 Å². The van der Waals surface area contributed by atoms with Crippen LogP contribution in [-0.4, -0.2) is 57.6 Å². The maximum atomic E-state index is 11.9. The Balaban J connectivity index is 4.33. The number of carbonyl (C=O) groups excluding carboxylic acids is 1. The average Bonchev–Trinajstić information content (AvgIpc) is 2.37. The van der Waals surface area contributed by atoms with Gasteiger partial charge in [-0.3, -0.25) is 0 Å². The van der Waals surface area contributed by atoms with Gasteiger partial charge < -0.3 is 15.2 Å². The number of amides is 1. The molecule has 148 valence electrons. The van der Waals surface area contributed by atoms with E-state index in [9.17, 15) is 18.0 Å². The van der Waals surface area contributed by atoms with E-state index in [2.05, 4.69) is 29.7 Å². The summed E-state index contributed by atoms with van der Waals surface area (Å²) in [6.07, 6.45) is -0.417. The number of hydrogen-bond donors (Lipinski definition) is 3. The number of carboxylic acid groups (broad SMARTS) is 1. The Morgan fingerprint density at radius 1 is 1.20 bits per heavy atom. The van der Waals surface area contributed by atoms with Crippen molar-refractivity contribution < 1.29 is 27.9 Å². The minimum Gasteiger partial charge on any atom is -0.480 e. The summed E-state index contributed by atoms with van der Waals surface area (Å²) in [6, 6.07) is -0.457. The molecule has 1 atom stereocenters. The summed E-state index contributed by atoms with van der Waals surface area (Å²) < 4.78 is 31.3. The molecule has 0 bridgehead atoms. The third kappa shape index (κ3) is 13.8. The van der Waals surface area contributed by atoms with Gasteiger partial charge in [-0.1, -0.05) is 19.6 Å². The fraction of sp³-hybridized carbons (Fsp3) is 0.867. The minimum absolute atomic E-state index is 0.0846. The lowest BCUT2D eigenvalue weighted by molar-refractivity contribution is -0.139. The first kappa shape index (κ1) is 23.9. The number of alkyl carbamates (subject to hydrolysis) is 1. The highest BCUT2D eigenvalue weighted by molar-refractivity contribution is 7.89. The SMILES string of the molecule is CC(C)(C)OC(=O)N[C@H](CCCNS(=O)(=O)CC[Si](C)(C)C)C(=O)O. The summed E-state index contributed by atoms with van der Waals surface area (Å²) in [6.45, 7) is 11.5. The van der Waals surface area contributed by atoms with Crippen molar-refractivity contribution in [2.75, 3.05) is 12.3 Å². The van der Waals surface area contributed by atoms with Gasteiger partial charge in [0.05, 0.1) is 5.75 Å². The van der Waals surface area contributed by atoms with Gasteiger partial charge in [0.25, 0.3) is 0 Å². The van der Waals surface area contributed by atoms with E-state index in [0.717, 1.165) is 0 Å². The molecule has 25 heavy (non-hydrogen) atoms. The van der Waals surface area contributed by atoms with Gasteiger partial charge in [-0.2, -0.15) is 0 Å². The Hall–Kier alpha value is -1.13. The van der Waals surface area contributed by atoms with Crippen molar-refractivity contribution in [3.05, 3.63) is 0 Å². The second-order valence-corrected chi connectivity index (χ2v) is 15.8. The van der Waals surface area contributed by atoms with Crippen LogP contribution in [0.3, 0.4) is 0 Å². The molecule has 0 saturated heterocycles. The third-order valence-corrected chi connectivity index (χ3v) is 6.60. The number of aliphatic carboxylic acids is 1. The van der Waals surface area contributed by atoms with Crippen LogP contribution in [0.4, 0.5) is 4.79 Å². The van der Waals surface area contributed by atoms with Crippen LogP contribution in [0.2, 0.25) is 25.7 Å². The summed E-state index contributed by atoms with van der Waals surface area (Å²) in [5.41, 5.74) is -0.723. The Bertz CT molecular complexity index is 551. The van der Waals surface area contributed by atoms with Crippen molar-refractivity contribution in [1.29, 1.82) is 0 Å². The fourth-order valence-electron chi connectivity index (χ4n) is 1.75. The van der Waals surface area contributed by atoms with Crippen LogP contribution >= 0.6 is 0 Å². The molecule has 1 amide bonds. The van der Waals surface area contributed by atoms with Crippen molar-refractivity contribution >= 4 is 30.2 Å². The number of hydrogen-bond acceptors (Lipinski definition) is 5. The summed E-state index contributed by atoms with van der Waals surface area (Å²) in [4.78, 5) is 22.8. The molecule has 0 aliphatic heterocycles. The van der Waals surface area contributed by atoms with E-state index in [1.165, 1.54) is 0 Å². The molecule has 0 aliphatic rings. The molecule has 0 unspecified atom stereocenters. The van der Waals surface area contributed by atoms with Crippen LogP contribution < -0.4 is 10.0 Å².